The molecule has 1 fully saturated rings. The molecule has 0 bridgehead atoms. The van der Waals surface area contributed by atoms with Gasteiger partial charge < -0.3 is 4.84 Å². The number of nitrogens with zero attached hydrogens (tertiary/aromatic N) is 1. The Balaban J connectivity index is 2.28. The van der Waals surface area contributed by atoms with Gasteiger partial charge in [-0.05, 0) is 37.3 Å². The van der Waals surface area contributed by atoms with E-state index in [0.29, 0.717) is 0 Å². The van der Waals surface area contributed by atoms with Crippen molar-refractivity contribution in [2.75, 3.05) is 7.11 Å². The Labute approximate surface area is 66.7 Å². The number of hydrogen-bond acceptors (Lipinski definition) is 1. The molecule has 60 valence electrons. The topological polar surface area (TPSA) is 14.2 Å². The second-order valence-corrected chi connectivity index (χ2v) is 3.20. The molecule has 1 saturated carbocycles. The molecule has 1 aromatic heterocycles. The molecule has 0 aromatic carbocycles. The van der Waals surface area contributed by atoms with E-state index in [-0.39, 0.29) is 0 Å². The average Bonchev–Trinajstić information content (AvgIpc) is 2.76. The molecular formula is C9H13NO. The van der Waals surface area contributed by atoms with E-state index in [4.69, 9.17) is 4.84 Å². The molecular weight excluding hydrogens is 138 g/mol. The van der Waals surface area contributed by atoms with Crippen LogP contribution in [0.4, 0.5) is 0 Å². The fraction of sp³-hybridized carbons (Fsp3) is 0.556. The molecule has 0 radical (unpaired) electrons. The fourth-order valence-corrected chi connectivity index (χ4v) is 1.42. The monoisotopic (exact) mass is 151 g/mol. The Morgan fingerprint density at radius 1 is 1.55 bits per heavy atom. The summed E-state index contributed by atoms with van der Waals surface area (Å²) < 4.78 is 1.83. The minimum Gasteiger partial charge on any atom is -0.417 e. The molecule has 0 saturated heterocycles. The zero-order chi connectivity index (χ0) is 7.84. The highest BCUT2D eigenvalue weighted by molar-refractivity contribution is 5.24. The van der Waals surface area contributed by atoms with Gasteiger partial charge in [0.2, 0.25) is 0 Å². The zero-order valence-electron chi connectivity index (χ0n) is 7.00. The highest BCUT2D eigenvalue weighted by Gasteiger charge is 2.24. The van der Waals surface area contributed by atoms with Gasteiger partial charge in [0, 0.05) is 6.20 Å². The Hall–Kier alpha value is -0.920. The van der Waals surface area contributed by atoms with E-state index in [1.165, 1.54) is 24.1 Å². The molecule has 1 aliphatic carbocycles. The zero-order valence-corrected chi connectivity index (χ0v) is 7.00. The first-order valence-electron chi connectivity index (χ1n) is 4.04. The van der Waals surface area contributed by atoms with Crippen molar-refractivity contribution in [3.8, 4) is 0 Å². The lowest BCUT2D eigenvalue weighted by atomic mass is 10.2. The summed E-state index contributed by atoms with van der Waals surface area (Å²) in [4.78, 5) is 5.12. The number of hydrogen-bond donors (Lipinski definition) is 0. The second kappa shape index (κ2) is 2.29. The first-order valence-corrected chi connectivity index (χ1v) is 4.04. The van der Waals surface area contributed by atoms with E-state index in [0.717, 1.165) is 5.92 Å². The Bertz CT molecular complexity index is 261. The van der Waals surface area contributed by atoms with Crippen LogP contribution >= 0.6 is 0 Å². The molecule has 1 aromatic rings. The van der Waals surface area contributed by atoms with Crippen molar-refractivity contribution in [3.63, 3.8) is 0 Å². The van der Waals surface area contributed by atoms with Crippen molar-refractivity contribution in [2.45, 2.75) is 25.7 Å². The summed E-state index contributed by atoms with van der Waals surface area (Å²) >= 11 is 0. The Morgan fingerprint density at radius 2 is 2.27 bits per heavy atom. The van der Waals surface area contributed by atoms with Crippen LogP contribution in [0.3, 0.4) is 0 Å². The quantitative estimate of drug-likeness (QED) is 0.628. The molecule has 0 aliphatic heterocycles. The van der Waals surface area contributed by atoms with Crippen molar-refractivity contribution in [1.29, 1.82) is 0 Å². The SMILES string of the molecule is COn1cc(C2CC2)cc1C. The van der Waals surface area contributed by atoms with Gasteiger partial charge in [0.1, 0.15) is 7.11 Å². The van der Waals surface area contributed by atoms with E-state index in [1.807, 2.05) is 4.73 Å². The van der Waals surface area contributed by atoms with Crippen LogP contribution in [-0.2, 0) is 0 Å². The molecule has 1 heterocycles. The van der Waals surface area contributed by atoms with Crippen LogP contribution in [0, 0.1) is 6.92 Å². The van der Waals surface area contributed by atoms with Crippen LogP contribution < -0.4 is 4.84 Å². The maximum Gasteiger partial charge on any atom is 0.104 e. The molecule has 0 spiro atoms. The lowest BCUT2D eigenvalue weighted by Crippen LogP contribution is -2.04. The first-order chi connectivity index (χ1) is 5.31. The summed E-state index contributed by atoms with van der Waals surface area (Å²) in [6, 6.07) is 2.21. The predicted octanol–water partition coefficient (Wildman–Crippen LogP) is 1.73. The van der Waals surface area contributed by atoms with Crippen molar-refractivity contribution < 1.29 is 4.84 Å². The average molecular weight is 151 g/mol. The van der Waals surface area contributed by atoms with Crippen LogP contribution in [0.25, 0.3) is 0 Å². The van der Waals surface area contributed by atoms with Gasteiger partial charge >= 0.3 is 0 Å². The van der Waals surface area contributed by atoms with Gasteiger partial charge in [0.25, 0.3) is 0 Å². The summed E-state index contributed by atoms with van der Waals surface area (Å²) in [6.45, 7) is 2.06. The van der Waals surface area contributed by atoms with Crippen LogP contribution in [-0.4, -0.2) is 11.8 Å². The van der Waals surface area contributed by atoms with Crippen molar-refractivity contribution in [3.05, 3.63) is 23.5 Å². The molecule has 0 N–H and O–H groups in total. The summed E-state index contributed by atoms with van der Waals surface area (Å²) in [6.07, 6.45) is 4.80. The third-order valence-corrected chi connectivity index (χ3v) is 2.23. The fourth-order valence-electron chi connectivity index (χ4n) is 1.42. The molecule has 2 nitrogen and oxygen atoms in total. The van der Waals surface area contributed by atoms with E-state index < -0.39 is 0 Å². The van der Waals surface area contributed by atoms with Crippen LogP contribution in [0.15, 0.2) is 12.3 Å². The summed E-state index contributed by atoms with van der Waals surface area (Å²) in [5.74, 6) is 0.824. The van der Waals surface area contributed by atoms with Crippen molar-refractivity contribution in [1.82, 2.24) is 4.73 Å². The smallest absolute Gasteiger partial charge is 0.104 e. The van der Waals surface area contributed by atoms with Gasteiger partial charge in [0.05, 0.1) is 5.69 Å². The Kier molecular flexibility index (Phi) is 1.41. The highest BCUT2D eigenvalue weighted by Crippen LogP contribution is 2.40. The third-order valence-electron chi connectivity index (χ3n) is 2.23. The Morgan fingerprint density at radius 3 is 2.73 bits per heavy atom. The van der Waals surface area contributed by atoms with E-state index in [2.05, 4.69) is 19.2 Å². The van der Waals surface area contributed by atoms with Gasteiger partial charge in [-0.3, -0.25) is 0 Å². The second-order valence-electron chi connectivity index (χ2n) is 3.20. The third kappa shape index (κ3) is 1.13. The summed E-state index contributed by atoms with van der Waals surface area (Å²) in [5, 5.41) is 0. The van der Waals surface area contributed by atoms with Gasteiger partial charge in [-0.15, -0.1) is 0 Å². The molecule has 1 aliphatic rings. The predicted molar refractivity (Wildman–Crippen MR) is 43.6 cm³/mol. The van der Waals surface area contributed by atoms with Gasteiger partial charge in [-0.2, -0.15) is 4.73 Å². The van der Waals surface area contributed by atoms with E-state index >= 15 is 0 Å². The normalized spacial score (nSPS) is 16.9. The van der Waals surface area contributed by atoms with Crippen LogP contribution in [0.1, 0.15) is 30.0 Å². The summed E-state index contributed by atoms with van der Waals surface area (Å²) in [5.41, 5.74) is 2.62. The van der Waals surface area contributed by atoms with Gasteiger partial charge in [-0.25, -0.2) is 0 Å². The minimum atomic E-state index is 0.824. The largest absolute Gasteiger partial charge is 0.417 e. The molecule has 0 atom stereocenters. The van der Waals surface area contributed by atoms with E-state index in [9.17, 15) is 0 Å². The maximum atomic E-state index is 5.12. The van der Waals surface area contributed by atoms with E-state index in [1.54, 1.807) is 7.11 Å². The van der Waals surface area contributed by atoms with Gasteiger partial charge in [0.15, 0.2) is 0 Å². The lowest BCUT2D eigenvalue weighted by molar-refractivity contribution is 0.162. The highest BCUT2D eigenvalue weighted by atomic mass is 16.6. The number of aromatic nitrogens is 1. The molecule has 0 amide bonds. The van der Waals surface area contributed by atoms with Crippen molar-refractivity contribution in [2.24, 2.45) is 0 Å². The molecule has 2 rings (SSSR count). The van der Waals surface area contributed by atoms with Crippen LogP contribution in [0.5, 0.6) is 0 Å². The standard InChI is InChI=1S/C9H13NO/c1-7-5-9(8-3-4-8)6-10(7)11-2/h5-6,8H,3-4H2,1-2H3. The minimum absolute atomic E-state index is 0.824. The lowest BCUT2D eigenvalue weighted by Gasteiger charge is -2.00. The molecule has 0 unspecified atom stereocenters. The van der Waals surface area contributed by atoms with Crippen molar-refractivity contribution >= 4 is 0 Å². The number of aryl methyl sites for hydroxylation is 1. The molecule has 11 heavy (non-hydrogen) atoms. The summed E-state index contributed by atoms with van der Waals surface area (Å²) in [7, 11) is 1.70. The first kappa shape index (κ1) is 6.77. The van der Waals surface area contributed by atoms with Crippen LogP contribution in [0.2, 0.25) is 0 Å². The number of rotatable bonds is 2. The maximum absolute atomic E-state index is 5.12. The van der Waals surface area contributed by atoms with Gasteiger partial charge in [-0.1, -0.05) is 0 Å². The molecule has 2 heteroatoms.